The zero-order chi connectivity index (χ0) is 13.8. The molecule has 106 valence electrons. The van der Waals surface area contributed by atoms with Crippen LogP contribution in [0.3, 0.4) is 0 Å². The third kappa shape index (κ3) is 2.78. The summed E-state index contributed by atoms with van der Waals surface area (Å²) in [6.45, 7) is 1.09. The monoisotopic (exact) mass is 270 g/mol. The van der Waals surface area contributed by atoms with Gasteiger partial charge in [0.25, 0.3) is 0 Å². The second-order valence-corrected chi connectivity index (χ2v) is 5.96. The molecule has 0 atom stereocenters. The normalized spacial score (nSPS) is 18.1. The summed E-state index contributed by atoms with van der Waals surface area (Å²) in [6, 6.07) is 12.3. The lowest BCUT2D eigenvalue weighted by molar-refractivity contribution is 0.0943. The summed E-state index contributed by atoms with van der Waals surface area (Å²) >= 11 is 0. The zero-order valence-electron chi connectivity index (χ0n) is 11.8. The molecule has 3 rings (SSSR count). The Morgan fingerprint density at radius 1 is 1.05 bits per heavy atom. The van der Waals surface area contributed by atoms with E-state index in [0.29, 0.717) is 0 Å². The van der Waals surface area contributed by atoms with Crippen LogP contribution in [0, 0.1) is 5.41 Å². The summed E-state index contributed by atoms with van der Waals surface area (Å²) in [7, 11) is 0. The Hall–Kier alpha value is -1.61. The molecule has 0 spiro atoms. The summed E-state index contributed by atoms with van der Waals surface area (Å²) in [4.78, 5) is 4.63. The molecule has 1 heterocycles. The van der Waals surface area contributed by atoms with Gasteiger partial charge < -0.3 is 10.4 Å². The number of hydrogen-bond donors (Lipinski definition) is 2. The summed E-state index contributed by atoms with van der Waals surface area (Å²) in [5, 5.41) is 14.3. The Kier molecular flexibility index (Phi) is 3.88. The molecular weight excluding hydrogens is 248 g/mol. The molecule has 1 aliphatic carbocycles. The van der Waals surface area contributed by atoms with Gasteiger partial charge >= 0.3 is 0 Å². The lowest BCUT2D eigenvalue weighted by atomic mass is 9.74. The second-order valence-electron chi connectivity index (χ2n) is 5.96. The van der Waals surface area contributed by atoms with E-state index < -0.39 is 0 Å². The van der Waals surface area contributed by atoms with Crippen molar-refractivity contribution < 1.29 is 5.11 Å². The summed E-state index contributed by atoms with van der Waals surface area (Å²) in [5.74, 6) is 0.905. The number of aromatic nitrogens is 1. The number of nitrogens with zero attached hydrogens (tertiary/aromatic N) is 1. The van der Waals surface area contributed by atoms with Crippen LogP contribution in [-0.2, 0) is 0 Å². The molecule has 0 bridgehead atoms. The van der Waals surface area contributed by atoms with E-state index in [4.69, 9.17) is 0 Å². The van der Waals surface area contributed by atoms with Crippen LogP contribution in [0.15, 0.2) is 36.4 Å². The predicted octanol–water partition coefficient (Wildman–Crippen LogP) is 3.59. The maximum absolute atomic E-state index is 9.73. The molecule has 2 N–H and O–H groups in total. The van der Waals surface area contributed by atoms with Crippen LogP contribution in [0.1, 0.15) is 32.1 Å². The van der Waals surface area contributed by atoms with Crippen LogP contribution in [0.5, 0.6) is 0 Å². The van der Waals surface area contributed by atoms with Gasteiger partial charge in [-0.2, -0.15) is 0 Å². The van der Waals surface area contributed by atoms with Gasteiger partial charge in [-0.05, 0) is 31.0 Å². The number of benzene rings is 1. The van der Waals surface area contributed by atoms with Gasteiger partial charge in [0.1, 0.15) is 5.82 Å². The smallest absolute Gasteiger partial charge is 0.126 e. The van der Waals surface area contributed by atoms with Gasteiger partial charge in [0.15, 0.2) is 0 Å². The van der Waals surface area contributed by atoms with E-state index in [-0.39, 0.29) is 12.0 Å². The number of para-hydroxylation sites is 1. The summed E-state index contributed by atoms with van der Waals surface area (Å²) in [5.41, 5.74) is 1.06. The molecule has 20 heavy (non-hydrogen) atoms. The minimum atomic E-state index is 0.0472. The number of rotatable bonds is 4. The minimum absolute atomic E-state index is 0.0472. The van der Waals surface area contributed by atoms with Gasteiger partial charge in [0, 0.05) is 17.3 Å². The third-order valence-corrected chi connectivity index (χ3v) is 4.49. The first-order chi connectivity index (χ1) is 9.81. The Bertz CT molecular complexity index is 576. The van der Waals surface area contributed by atoms with E-state index in [1.807, 2.05) is 24.3 Å². The van der Waals surface area contributed by atoms with Crippen LogP contribution in [0.2, 0.25) is 0 Å². The first-order valence-corrected chi connectivity index (χ1v) is 7.52. The fraction of sp³-hybridized carbons (Fsp3) is 0.471. The van der Waals surface area contributed by atoms with E-state index in [2.05, 4.69) is 22.4 Å². The lowest BCUT2D eigenvalue weighted by Crippen LogP contribution is -2.35. The van der Waals surface area contributed by atoms with Crippen molar-refractivity contribution >= 4 is 16.7 Å². The quantitative estimate of drug-likeness (QED) is 0.892. The predicted molar refractivity (Wildman–Crippen MR) is 82.8 cm³/mol. The molecule has 0 aliphatic heterocycles. The van der Waals surface area contributed by atoms with Crippen molar-refractivity contribution in [1.29, 1.82) is 0 Å². The first kappa shape index (κ1) is 13.4. The Morgan fingerprint density at radius 3 is 2.65 bits per heavy atom. The second kappa shape index (κ2) is 5.80. The number of fused-ring (bicyclic) bond motifs is 1. The van der Waals surface area contributed by atoms with Crippen molar-refractivity contribution in [3.63, 3.8) is 0 Å². The van der Waals surface area contributed by atoms with Crippen molar-refractivity contribution in [3.8, 4) is 0 Å². The van der Waals surface area contributed by atoms with Crippen molar-refractivity contribution in [2.75, 3.05) is 18.5 Å². The number of hydrogen-bond acceptors (Lipinski definition) is 3. The van der Waals surface area contributed by atoms with Crippen LogP contribution < -0.4 is 5.32 Å². The average molecular weight is 270 g/mol. The molecule has 1 aromatic heterocycles. The average Bonchev–Trinajstić information content (AvgIpc) is 2.54. The number of aliphatic hydroxyl groups excluding tert-OH is 1. The standard InChI is InChI=1S/C17H22N2O/c20-13-17(10-4-1-5-11-17)12-18-16-9-8-14-6-2-3-7-15(14)19-16/h2-3,6-9,20H,1,4-5,10-13H2,(H,18,19). The molecule has 3 heteroatoms. The van der Waals surface area contributed by atoms with E-state index >= 15 is 0 Å². The topological polar surface area (TPSA) is 45.1 Å². The highest BCUT2D eigenvalue weighted by molar-refractivity contribution is 5.80. The number of aliphatic hydroxyl groups is 1. The van der Waals surface area contributed by atoms with Gasteiger partial charge in [0.2, 0.25) is 0 Å². The molecule has 0 unspecified atom stereocenters. The Morgan fingerprint density at radius 2 is 1.85 bits per heavy atom. The molecule has 3 nitrogen and oxygen atoms in total. The number of nitrogens with one attached hydrogen (secondary N) is 1. The minimum Gasteiger partial charge on any atom is -0.396 e. The van der Waals surface area contributed by atoms with Crippen LogP contribution in [-0.4, -0.2) is 23.2 Å². The molecule has 0 amide bonds. The highest BCUT2D eigenvalue weighted by atomic mass is 16.3. The van der Waals surface area contributed by atoms with Crippen molar-refractivity contribution in [3.05, 3.63) is 36.4 Å². The summed E-state index contributed by atoms with van der Waals surface area (Å²) < 4.78 is 0. The maximum Gasteiger partial charge on any atom is 0.126 e. The molecule has 1 aromatic carbocycles. The molecular formula is C17H22N2O. The van der Waals surface area contributed by atoms with E-state index in [0.717, 1.165) is 36.1 Å². The van der Waals surface area contributed by atoms with Crippen LogP contribution >= 0.6 is 0 Å². The third-order valence-electron chi connectivity index (χ3n) is 4.49. The largest absolute Gasteiger partial charge is 0.396 e. The fourth-order valence-corrected chi connectivity index (χ4v) is 3.14. The SMILES string of the molecule is OCC1(CNc2ccc3ccccc3n2)CCCCC1. The van der Waals surface area contributed by atoms with Crippen molar-refractivity contribution in [1.82, 2.24) is 4.98 Å². The first-order valence-electron chi connectivity index (χ1n) is 7.52. The van der Waals surface area contributed by atoms with Gasteiger partial charge in [0.05, 0.1) is 12.1 Å². The highest BCUT2D eigenvalue weighted by Crippen LogP contribution is 2.35. The van der Waals surface area contributed by atoms with Gasteiger partial charge in [-0.3, -0.25) is 0 Å². The highest BCUT2D eigenvalue weighted by Gasteiger charge is 2.31. The molecule has 0 saturated heterocycles. The molecule has 1 saturated carbocycles. The lowest BCUT2D eigenvalue weighted by Gasteiger charge is -2.35. The molecule has 1 fully saturated rings. The Labute approximate surface area is 120 Å². The van der Waals surface area contributed by atoms with E-state index in [9.17, 15) is 5.11 Å². The number of pyridine rings is 1. The van der Waals surface area contributed by atoms with E-state index in [1.165, 1.54) is 19.3 Å². The fourth-order valence-electron chi connectivity index (χ4n) is 3.14. The summed E-state index contributed by atoms with van der Waals surface area (Å²) in [6.07, 6.45) is 5.99. The van der Waals surface area contributed by atoms with Gasteiger partial charge in [-0.1, -0.05) is 37.5 Å². The number of anilines is 1. The van der Waals surface area contributed by atoms with Gasteiger partial charge in [-0.25, -0.2) is 4.98 Å². The Balaban J connectivity index is 1.72. The van der Waals surface area contributed by atoms with E-state index in [1.54, 1.807) is 0 Å². The maximum atomic E-state index is 9.73. The van der Waals surface area contributed by atoms with Gasteiger partial charge in [-0.15, -0.1) is 0 Å². The van der Waals surface area contributed by atoms with Crippen LogP contribution in [0.4, 0.5) is 5.82 Å². The zero-order valence-corrected chi connectivity index (χ0v) is 11.8. The molecule has 0 radical (unpaired) electrons. The molecule has 2 aromatic rings. The van der Waals surface area contributed by atoms with Crippen LogP contribution in [0.25, 0.3) is 10.9 Å². The van der Waals surface area contributed by atoms with Crippen molar-refractivity contribution in [2.45, 2.75) is 32.1 Å². The van der Waals surface area contributed by atoms with Crippen molar-refractivity contribution in [2.24, 2.45) is 5.41 Å². The molecule has 1 aliphatic rings.